The Bertz CT molecular complexity index is 684. The van der Waals surface area contributed by atoms with E-state index in [9.17, 15) is 4.79 Å². The van der Waals surface area contributed by atoms with E-state index in [4.69, 9.17) is 4.74 Å². The zero-order valence-electron chi connectivity index (χ0n) is 13.2. The molecule has 2 aromatic carbocycles. The van der Waals surface area contributed by atoms with Crippen molar-refractivity contribution in [3.05, 3.63) is 64.1 Å². The van der Waals surface area contributed by atoms with Gasteiger partial charge in [0.15, 0.2) is 6.61 Å². The third-order valence-corrected chi connectivity index (χ3v) is 4.70. The van der Waals surface area contributed by atoms with Crippen LogP contribution in [0.2, 0.25) is 0 Å². The molecule has 0 aromatic heterocycles. The summed E-state index contributed by atoms with van der Waals surface area (Å²) in [5, 5.41) is 0. The maximum Gasteiger partial charge on any atom is 0.261 e. The predicted octanol–water partition coefficient (Wildman–Crippen LogP) is 4.50. The number of benzene rings is 2. The largest absolute Gasteiger partial charge is 0.484 e. The Kier molecular flexibility index (Phi) is 5.01. The molecule has 3 rings (SSSR count). The van der Waals surface area contributed by atoms with Crippen LogP contribution in [0.5, 0.6) is 5.75 Å². The molecular formula is C19H20BrNO2. The molecule has 1 atom stereocenters. The lowest BCUT2D eigenvalue weighted by molar-refractivity contribution is -0.134. The van der Waals surface area contributed by atoms with Gasteiger partial charge >= 0.3 is 0 Å². The van der Waals surface area contributed by atoms with Crippen LogP contribution in [0.25, 0.3) is 0 Å². The second-order valence-electron chi connectivity index (χ2n) is 5.90. The zero-order chi connectivity index (χ0) is 16.2. The molecule has 1 unspecified atom stereocenters. The molecule has 2 aromatic rings. The number of carbonyl (C=O) groups excluding carboxylic acids is 1. The van der Waals surface area contributed by atoms with E-state index < -0.39 is 0 Å². The first-order chi connectivity index (χ1) is 11.1. The molecule has 0 bridgehead atoms. The van der Waals surface area contributed by atoms with Gasteiger partial charge in [-0.15, -0.1) is 0 Å². The molecule has 120 valence electrons. The van der Waals surface area contributed by atoms with Gasteiger partial charge in [0.25, 0.3) is 5.91 Å². The highest BCUT2D eigenvalue weighted by atomic mass is 79.9. The number of likely N-dealkylation sites (tertiary alicyclic amines) is 1. The van der Waals surface area contributed by atoms with Gasteiger partial charge in [0, 0.05) is 11.0 Å². The second-order valence-corrected chi connectivity index (χ2v) is 6.82. The molecule has 1 aliphatic rings. The lowest BCUT2D eigenvalue weighted by atomic mass is 10.0. The van der Waals surface area contributed by atoms with Crippen molar-refractivity contribution in [1.29, 1.82) is 0 Å². The molecule has 0 N–H and O–H groups in total. The molecule has 1 amide bonds. The van der Waals surface area contributed by atoms with Crippen LogP contribution in [-0.4, -0.2) is 24.0 Å². The van der Waals surface area contributed by atoms with Crippen LogP contribution < -0.4 is 4.74 Å². The maximum atomic E-state index is 12.5. The third-order valence-electron chi connectivity index (χ3n) is 4.18. The lowest BCUT2D eigenvalue weighted by Crippen LogP contribution is -2.34. The van der Waals surface area contributed by atoms with Crippen LogP contribution in [0.15, 0.2) is 53.0 Å². The maximum absolute atomic E-state index is 12.5. The van der Waals surface area contributed by atoms with E-state index in [2.05, 4.69) is 47.1 Å². The Hall–Kier alpha value is -1.81. The van der Waals surface area contributed by atoms with Gasteiger partial charge in [-0.2, -0.15) is 0 Å². The van der Waals surface area contributed by atoms with E-state index in [1.807, 2.05) is 29.2 Å². The van der Waals surface area contributed by atoms with E-state index in [1.165, 1.54) is 11.1 Å². The normalized spacial score (nSPS) is 17.3. The number of aryl methyl sites for hydroxylation is 1. The average molecular weight is 374 g/mol. The molecule has 23 heavy (non-hydrogen) atoms. The Morgan fingerprint density at radius 3 is 2.78 bits per heavy atom. The summed E-state index contributed by atoms with van der Waals surface area (Å²) in [4.78, 5) is 14.5. The molecule has 4 heteroatoms. The van der Waals surface area contributed by atoms with Crippen LogP contribution in [-0.2, 0) is 4.79 Å². The van der Waals surface area contributed by atoms with Gasteiger partial charge in [0.05, 0.1) is 6.04 Å². The SMILES string of the molecule is Cc1cccc(C2CCCN2C(=O)COc2ccc(Br)cc2)c1. The van der Waals surface area contributed by atoms with E-state index in [1.54, 1.807) is 0 Å². The van der Waals surface area contributed by atoms with E-state index in [0.29, 0.717) is 5.75 Å². The van der Waals surface area contributed by atoms with E-state index >= 15 is 0 Å². The van der Waals surface area contributed by atoms with Crippen LogP contribution in [0, 0.1) is 6.92 Å². The van der Waals surface area contributed by atoms with Crippen molar-refractivity contribution in [3.8, 4) is 5.75 Å². The average Bonchev–Trinajstić information content (AvgIpc) is 3.04. The summed E-state index contributed by atoms with van der Waals surface area (Å²) in [6.45, 7) is 2.98. The summed E-state index contributed by atoms with van der Waals surface area (Å²) in [7, 11) is 0. The Morgan fingerprint density at radius 2 is 2.04 bits per heavy atom. The quantitative estimate of drug-likeness (QED) is 0.789. The highest BCUT2D eigenvalue weighted by molar-refractivity contribution is 9.10. The number of ether oxygens (including phenoxy) is 1. The topological polar surface area (TPSA) is 29.5 Å². The van der Waals surface area contributed by atoms with Crippen molar-refractivity contribution in [2.24, 2.45) is 0 Å². The smallest absolute Gasteiger partial charge is 0.261 e. The van der Waals surface area contributed by atoms with Crippen LogP contribution >= 0.6 is 15.9 Å². The summed E-state index contributed by atoms with van der Waals surface area (Å²) < 4.78 is 6.63. The minimum atomic E-state index is 0.0527. The van der Waals surface area contributed by atoms with E-state index in [-0.39, 0.29) is 18.6 Å². The summed E-state index contributed by atoms with van der Waals surface area (Å²) in [6, 6.07) is 16.1. The molecule has 0 saturated carbocycles. The minimum Gasteiger partial charge on any atom is -0.484 e. The number of hydrogen-bond donors (Lipinski definition) is 0. The van der Waals surface area contributed by atoms with Crippen molar-refractivity contribution in [2.75, 3.05) is 13.2 Å². The monoisotopic (exact) mass is 373 g/mol. The van der Waals surface area contributed by atoms with Crippen LogP contribution in [0.4, 0.5) is 0 Å². The van der Waals surface area contributed by atoms with Gasteiger partial charge in [-0.25, -0.2) is 0 Å². The standard InChI is InChI=1S/C19H20BrNO2/c1-14-4-2-5-15(12-14)18-6-3-11-21(18)19(22)13-23-17-9-7-16(20)8-10-17/h2,4-5,7-10,12,18H,3,6,11,13H2,1H3. The van der Waals surface area contributed by atoms with Crippen molar-refractivity contribution < 1.29 is 9.53 Å². The number of nitrogens with zero attached hydrogens (tertiary/aromatic N) is 1. The Balaban J connectivity index is 1.65. The molecule has 0 aliphatic carbocycles. The van der Waals surface area contributed by atoms with Crippen molar-refractivity contribution in [2.45, 2.75) is 25.8 Å². The number of rotatable bonds is 4. The summed E-state index contributed by atoms with van der Waals surface area (Å²) in [5.74, 6) is 0.768. The number of hydrogen-bond acceptors (Lipinski definition) is 2. The predicted molar refractivity (Wildman–Crippen MR) is 94.5 cm³/mol. The molecule has 1 aliphatic heterocycles. The van der Waals surface area contributed by atoms with Crippen LogP contribution in [0.3, 0.4) is 0 Å². The first-order valence-corrected chi connectivity index (χ1v) is 8.67. The molecular weight excluding hydrogens is 354 g/mol. The highest BCUT2D eigenvalue weighted by Gasteiger charge is 2.30. The summed E-state index contributed by atoms with van der Waals surface area (Å²) in [5.41, 5.74) is 2.45. The number of halogens is 1. The van der Waals surface area contributed by atoms with Gasteiger partial charge in [0.2, 0.25) is 0 Å². The molecule has 0 radical (unpaired) electrons. The molecule has 0 spiro atoms. The van der Waals surface area contributed by atoms with Crippen LogP contribution in [0.1, 0.15) is 30.0 Å². The molecule has 1 fully saturated rings. The first kappa shape index (κ1) is 16.1. The van der Waals surface area contributed by atoms with Gasteiger partial charge in [-0.3, -0.25) is 4.79 Å². The Labute approximate surface area is 145 Å². The second kappa shape index (κ2) is 7.18. The number of amides is 1. The van der Waals surface area contributed by atoms with E-state index in [0.717, 1.165) is 23.9 Å². The number of carbonyl (C=O) groups is 1. The Morgan fingerprint density at radius 1 is 1.26 bits per heavy atom. The van der Waals surface area contributed by atoms with Gasteiger partial charge in [-0.1, -0.05) is 45.8 Å². The minimum absolute atomic E-state index is 0.0527. The lowest BCUT2D eigenvalue weighted by Gasteiger charge is -2.25. The highest BCUT2D eigenvalue weighted by Crippen LogP contribution is 2.32. The van der Waals surface area contributed by atoms with Gasteiger partial charge in [0.1, 0.15) is 5.75 Å². The molecule has 1 saturated heterocycles. The van der Waals surface area contributed by atoms with Crippen molar-refractivity contribution in [3.63, 3.8) is 0 Å². The summed E-state index contributed by atoms with van der Waals surface area (Å²) >= 11 is 3.39. The molecule has 3 nitrogen and oxygen atoms in total. The van der Waals surface area contributed by atoms with Crippen molar-refractivity contribution in [1.82, 2.24) is 4.90 Å². The zero-order valence-corrected chi connectivity index (χ0v) is 14.8. The fourth-order valence-corrected chi connectivity index (χ4v) is 3.31. The fourth-order valence-electron chi connectivity index (χ4n) is 3.05. The van der Waals surface area contributed by atoms with Gasteiger partial charge < -0.3 is 9.64 Å². The first-order valence-electron chi connectivity index (χ1n) is 7.88. The fraction of sp³-hybridized carbons (Fsp3) is 0.316. The van der Waals surface area contributed by atoms with Crippen molar-refractivity contribution >= 4 is 21.8 Å². The third kappa shape index (κ3) is 3.94. The summed E-state index contributed by atoms with van der Waals surface area (Å²) in [6.07, 6.45) is 2.07. The molecule has 1 heterocycles. The van der Waals surface area contributed by atoms with Gasteiger partial charge in [-0.05, 0) is 49.6 Å².